The molecule has 0 aromatic carbocycles. The quantitative estimate of drug-likeness (QED) is 0.538. The number of halogens is 1. The Morgan fingerprint density at radius 1 is 1.67 bits per heavy atom. The number of nitro groups is 1. The Bertz CT molecular complexity index is 385. The van der Waals surface area contributed by atoms with Crippen LogP contribution in [0.2, 0.25) is 0 Å². The summed E-state index contributed by atoms with van der Waals surface area (Å²) in [6, 6.07) is 1.46. The van der Waals surface area contributed by atoms with Crippen molar-refractivity contribution in [1.82, 2.24) is 4.57 Å². The first-order valence-corrected chi connectivity index (χ1v) is 3.83. The molecule has 0 aliphatic carbocycles. The fraction of sp³-hybridized carbons (Fsp3) is 0.167. The second-order valence-corrected chi connectivity index (χ2v) is 3.04. The Balaban J connectivity index is 3.55. The molecule has 0 N–H and O–H groups in total. The van der Waals surface area contributed by atoms with Crippen molar-refractivity contribution in [2.24, 2.45) is 7.05 Å². The average molecular weight is 233 g/mol. The van der Waals surface area contributed by atoms with E-state index in [4.69, 9.17) is 0 Å². The van der Waals surface area contributed by atoms with E-state index >= 15 is 0 Å². The third kappa shape index (κ3) is 1.38. The van der Waals surface area contributed by atoms with Crippen LogP contribution in [0, 0.1) is 10.1 Å². The number of aryl methyl sites for hydroxylation is 1. The molecule has 1 aromatic rings. The lowest BCUT2D eigenvalue weighted by molar-refractivity contribution is -0.387. The summed E-state index contributed by atoms with van der Waals surface area (Å²) in [5.41, 5.74) is -1.05. The maximum absolute atomic E-state index is 11.1. The molecule has 0 bridgehead atoms. The highest BCUT2D eigenvalue weighted by Crippen LogP contribution is 2.18. The van der Waals surface area contributed by atoms with Crippen LogP contribution < -0.4 is 5.56 Å². The Labute approximate surface area is 75.9 Å². The number of pyridine rings is 1. The highest BCUT2D eigenvalue weighted by atomic mass is 79.9. The summed E-state index contributed by atoms with van der Waals surface area (Å²) in [4.78, 5) is 20.8. The maximum atomic E-state index is 11.1. The summed E-state index contributed by atoms with van der Waals surface area (Å²) in [7, 11) is 1.46. The van der Waals surface area contributed by atoms with Gasteiger partial charge in [-0.3, -0.25) is 14.9 Å². The van der Waals surface area contributed by atoms with Crippen LogP contribution >= 0.6 is 15.9 Å². The molecule has 0 saturated carbocycles. The molecule has 64 valence electrons. The molecule has 12 heavy (non-hydrogen) atoms. The van der Waals surface area contributed by atoms with E-state index in [-0.39, 0.29) is 4.47 Å². The second-order valence-electron chi connectivity index (χ2n) is 2.19. The molecule has 6 heteroatoms. The SMILES string of the molecule is Cn1ccc(Br)c([N+](=O)[O-])c1=O. The van der Waals surface area contributed by atoms with Gasteiger partial charge in [0.25, 0.3) is 0 Å². The lowest BCUT2D eigenvalue weighted by Crippen LogP contribution is -2.19. The van der Waals surface area contributed by atoms with Crippen molar-refractivity contribution in [3.63, 3.8) is 0 Å². The van der Waals surface area contributed by atoms with Gasteiger partial charge in [0.15, 0.2) is 0 Å². The third-order valence-electron chi connectivity index (χ3n) is 1.38. The van der Waals surface area contributed by atoms with E-state index in [0.717, 1.165) is 4.57 Å². The molecule has 0 amide bonds. The Kier molecular flexibility index (Phi) is 2.27. The highest BCUT2D eigenvalue weighted by Gasteiger charge is 2.17. The average Bonchev–Trinajstić information content (AvgIpc) is 1.97. The van der Waals surface area contributed by atoms with Crippen LogP contribution in [0.3, 0.4) is 0 Å². The third-order valence-corrected chi connectivity index (χ3v) is 2.02. The van der Waals surface area contributed by atoms with E-state index in [2.05, 4.69) is 15.9 Å². The summed E-state index contributed by atoms with van der Waals surface area (Å²) < 4.78 is 1.36. The van der Waals surface area contributed by atoms with Gasteiger partial charge in [-0.2, -0.15) is 0 Å². The smallest absolute Gasteiger partial charge is 0.313 e. The normalized spacial score (nSPS) is 9.83. The van der Waals surface area contributed by atoms with Gasteiger partial charge in [-0.25, -0.2) is 0 Å². The minimum Gasteiger partial charge on any atom is -0.313 e. The van der Waals surface area contributed by atoms with Gasteiger partial charge in [-0.1, -0.05) is 0 Å². The molecule has 0 spiro atoms. The summed E-state index contributed by atoms with van der Waals surface area (Å²) in [5, 5.41) is 10.4. The van der Waals surface area contributed by atoms with Gasteiger partial charge in [0.05, 0.1) is 4.92 Å². The second kappa shape index (κ2) is 3.06. The molecule has 0 atom stereocenters. The predicted molar refractivity (Wildman–Crippen MR) is 46.0 cm³/mol. The van der Waals surface area contributed by atoms with Gasteiger partial charge in [0.2, 0.25) is 0 Å². The van der Waals surface area contributed by atoms with Gasteiger partial charge in [0.1, 0.15) is 4.47 Å². The summed E-state index contributed by atoms with van der Waals surface area (Å²) in [6.45, 7) is 0. The zero-order chi connectivity index (χ0) is 9.30. The molecule has 0 radical (unpaired) electrons. The number of hydrogen-bond acceptors (Lipinski definition) is 3. The number of aromatic nitrogens is 1. The zero-order valence-electron chi connectivity index (χ0n) is 6.15. The summed E-state index contributed by atoms with van der Waals surface area (Å²) >= 11 is 2.93. The van der Waals surface area contributed by atoms with Crippen LogP contribution in [-0.4, -0.2) is 9.49 Å². The molecule has 1 heterocycles. The van der Waals surface area contributed by atoms with Crippen molar-refractivity contribution in [2.45, 2.75) is 0 Å². The Morgan fingerprint density at radius 3 is 2.67 bits per heavy atom. The van der Waals surface area contributed by atoms with E-state index in [0.29, 0.717) is 0 Å². The first-order valence-electron chi connectivity index (χ1n) is 3.03. The lowest BCUT2D eigenvalue weighted by atomic mass is 10.4. The van der Waals surface area contributed by atoms with Crippen molar-refractivity contribution in [3.05, 3.63) is 37.2 Å². The first kappa shape index (κ1) is 8.92. The molecular formula is C6H5BrN2O3. The number of rotatable bonds is 1. The molecule has 5 nitrogen and oxygen atoms in total. The Hall–Kier alpha value is -1.17. The van der Waals surface area contributed by atoms with E-state index in [9.17, 15) is 14.9 Å². The van der Waals surface area contributed by atoms with Crippen molar-refractivity contribution in [1.29, 1.82) is 0 Å². The molecule has 1 aromatic heterocycles. The Morgan fingerprint density at radius 2 is 2.25 bits per heavy atom. The number of nitrogens with zero attached hydrogens (tertiary/aromatic N) is 2. The molecule has 1 rings (SSSR count). The lowest BCUT2D eigenvalue weighted by Gasteiger charge is -1.97. The molecule has 0 saturated heterocycles. The van der Waals surface area contributed by atoms with Crippen molar-refractivity contribution in [2.75, 3.05) is 0 Å². The van der Waals surface area contributed by atoms with Gasteiger partial charge in [-0.05, 0) is 22.0 Å². The minimum atomic E-state index is -0.702. The summed E-state index contributed by atoms with van der Waals surface area (Å²) in [5.74, 6) is 0. The van der Waals surface area contributed by atoms with Gasteiger partial charge in [0, 0.05) is 13.2 Å². The summed E-state index contributed by atoms with van der Waals surface area (Å²) in [6.07, 6.45) is 1.46. The highest BCUT2D eigenvalue weighted by molar-refractivity contribution is 9.10. The fourth-order valence-electron chi connectivity index (χ4n) is 0.758. The van der Waals surface area contributed by atoms with Crippen molar-refractivity contribution < 1.29 is 4.92 Å². The van der Waals surface area contributed by atoms with Crippen molar-refractivity contribution in [3.8, 4) is 0 Å². The van der Waals surface area contributed by atoms with Gasteiger partial charge < -0.3 is 4.57 Å². The van der Waals surface area contributed by atoms with E-state index < -0.39 is 16.2 Å². The van der Waals surface area contributed by atoms with E-state index in [1.165, 1.54) is 19.3 Å². The fourth-order valence-corrected chi connectivity index (χ4v) is 1.19. The van der Waals surface area contributed by atoms with Crippen LogP contribution in [-0.2, 0) is 7.05 Å². The van der Waals surface area contributed by atoms with E-state index in [1.807, 2.05) is 0 Å². The van der Waals surface area contributed by atoms with Crippen LogP contribution in [0.4, 0.5) is 5.69 Å². The first-order chi connectivity index (χ1) is 5.54. The largest absolute Gasteiger partial charge is 0.348 e. The maximum Gasteiger partial charge on any atom is 0.348 e. The van der Waals surface area contributed by atoms with Crippen LogP contribution in [0.25, 0.3) is 0 Å². The topological polar surface area (TPSA) is 65.1 Å². The van der Waals surface area contributed by atoms with Crippen LogP contribution in [0.1, 0.15) is 0 Å². The minimum absolute atomic E-state index is 0.204. The molecule has 0 aliphatic heterocycles. The molecule has 0 fully saturated rings. The predicted octanol–water partition coefficient (Wildman–Crippen LogP) is 1.06. The van der Waals surface area contributed by atoms with Gasteiger partial charge in [-0.15, -0.1) is 0 Å². The monoisotopic (exact) mass is 232 g/mol. The molecular weight excluding hydrogens is 228 g/mol. The molecule has 0 unspecified atom stereocenters. The van der Waals surface area contributed by atoms with Crippen molar-refractivity contribution >= 4 is 21.6 Å². The van der Waals surface area contributed by atoms with Crippen LogP contribution in [0.5, 0.6) is 0 Å². The number of hydrogen-bond donors (Lipinski definition) is 0. The standard InChI is InChI=1S/C6H5BrN2O3/c1-8-3-2-4(7)5(6(8)10)9(11)12/h2-3H,1H3. The van der Waals surface area contributed by atoms with Gasteiger partial charge >= 0.3 is 11.2 Å². The molecule has 0 aliphatic rings. The van der Waals surface area contributed by atoms with Crippen LogP contribution in [0.15, 0.2) is 21.5 Å². The van der Waals surface area contributed by atoms with E-state index in [1.54, 1.807) is 0 Å². The zero-order valence-corrected chi connectivity index (χ0v) is 7.74.